The number of nitrogens with zero attached hydrogens (tertiary/aromatic N) is 2. The molecule has 262 valence electrons. The van der Waals surface area contributed by atoms with Gasteiger partial charge in [-0.15, -0.1) is 0 Å². The third kappa shape index (κ3) is 4.30. The summed E-state index contributed by atoms with van der Waals surface area (Å²) in [7, 11) is 0. The minimum absolute atomic E-state index is 0.126. The number of aromatic amines is 1. The average molecular weight is 760 g/mol. The number of halogens is 1. The van der Waals surface area contributed by atoms with Gasteiger partial charge in [0, 0.05) is 51.5 Å². The van der Waals surface area contributed by atoms with Crippen molar-refractivity contribution in [2.24, 2.45) is 5.92 Å². The third-order valence-electron chi connectivity index (χ3n) is 11.0. The fourth-order valence-electron chi connectivity index (χ4n) is 8.50. The summed E-state index contributed by atoms with van der Waals surface area (Å²) in [5, 5.41) is 11.0. The second-order valence-electron chi connectivity index (χ2n) is 14.5. The van der Waals surface area contributed by atoms with Crippen LogP contribution in [0.1, 0.15) is 68.0 Å². The van der Waals surface area contributed by atoms with Gasteiger partial charge in [0.25, 0.3) is 0 Å². The summed E-state index contributed by atoms with van der Waals surface area (Å²) in [6.07, 6.45) is 4.80. The van der Waals surface area contributed by atoms with Crippen molar-refractivity contribution in [1.29, 1.82) is 0 Å². The standard InChI is InChI=1S/C40H35BrN6O5/c1-4-7-25(41)35(48)44-27-15-19-12-13-28-24(14-19)40-23-10-5-9-21(32(23)47-39(40)51-28)20-8-6-11-26-30(20)22(16-42-26)29-17-43-37(50-29)33-34(40)52-38(46-33)31(18(2)3)45-36(27)49/h5-6,8-14,16-18,25,27,31,39,42,47H,4,7,15H2,1-3H3,(H,44,48)(H,45,49)/t25?,27-,31-,39?,40?/m0/s1. The Morgan fingerprint density at radius 3 is 2.75 bits per heavy atom. The number of benzene rings is 3. The van der Waals surface area contributed by atoms with Gasteiger partial charge in [0.05, 0.1) is 11.0 Å². The maximum absolute atomic E-state index is 14.2. The number of hydrogen-bond acceptors (Lipinski definition) is 8. The summed E-state index contributed by atoms with van der Waals surface area (Å²) in [5.41, 5.74) is 6.92. The van der Waals surface area contributed by atoms with Crippen LogP contribution in [-0.4, -0.2) is 43.9 Å². The maximum Gasteiger partial charge on any atom is 0.249 e. The lowest BCUT2D eigenvalue weighted by molar-refractivity contribution is -0.129. The van der Waals surface area contributed by atoms with Crippen LogP contribution in [0.15, 0.2) is 75.8 Å². The van der Waals surface area contributed by atoms with Crippen LogP contribution >= 0.6 is 15.9 Å². The largest absolute Gasteiger partial charge is 0.469 e. The molecule has 11 nitrogen and oxygen atoms in total. The van der Waals surface area contributed by atoms with E-state index in [1.807, 2.05) is 45.2 Å². The zero-order valence-corrected chi connectivity index (χ0v) is 30.3. The zero-order valence-electron chi connectivity index (χ0n) is 28.7. The van der Waals surface area contributed by atoms with Crippen molar-refractivity contribution in [3.8, 4) is 39.8 Å². The Morgan fingerprint density at radius 2 is 1.90 bits per heavy atom. The summed E-state index contributed by atoms with van der Waals surface area (Å²) >= 11 is 3.52. The minimum atomic E-state index is -1.02. The van der Waals surface area contributed by atoms with E-state index < -0.39 is 28.6 Å². The molecule has 3 unspecified atom stereocenters. The maximum atomic E-state index is 14.2. The number of carbonyl (C=O) groups is 2. The number of oxazole rings is 2. The van der Waals surface area contributed by atoms with Gasteiger partial charge in [0.1, 0.15) is 23.2 Å². The number of carbonyl (C=O) groups excluding carboxylic acids is 2. The van der Waals surface area contributed by atoms with E-state index in [1.165, 1.54) is 0 Å². The number of aromatic nitrogens is 3. The lowest BCUT2D eigenvalue weighted by Gasteiger charge is -2.29. The van der Waals surface area contributed by atoms with Crippen molar-refractivity contribution in [1.82, 2.24) is 25.6 Å². The topological polar surface area (TPSA) is 147 Å². The first kappa shape index (κ1) is 31.4. The lowest BCUT2D eigenvalue weighted by Crippen LogP contribution is -2.51. The van der Waals surface area contributed by atoms with Gasteiger partial charge in [-0.25, -0.2) is 9.97 Å². The molecule has 1 spiro atoms. The molecule has 2 amide bonds. The molecule has 10 rings (SSSR count). The van der Waals surface area contributed by atoms with E-state index in [1.54, 1.807) is 6.20 Å². The highest BCUT2D eigenvalue weighted by Crippen LogP contribution is 2.61. The van der Waals surface area contributed by atoms with Crippen molar-refractivity contribution in [3.05, 3.63) is 95.3 Å². The molecule has 3 aromatic carbocycles. The number of fused-ring (bicyclic) bond motifs is 7. The predicted molar refractivity (Wildman–Crippen MR) is 198 cm³/mol. The molecule has 3 aromatic heterocycles. The summed E-state index contributed by atoms with van der Waals surface area (Å²) in [4.78, 5) is 40.5. The highest BCUT2D eigenvalue weighted by Gasteiger charge is 2.61. The highest BCUT2D eigenvalue weighted by atomic mass is 79.9. The van der Waals surface area contributed by atoms with Crippen LogP contribution in [-0.2, 0) is 21.4 Å². The summed E-state index contributed by atoms with van der Waals surface area (Å²) < 4.78 is 20.5. The van der Waals surface area contributed by atoms with Gasteiger partial charge >= 0.3 is 0 Å². The minimum Gasteiger partial charge on any atom is -0.469 e. The van der Waals surface area contributed by atoms with Crippen LogP contribution in [0, 0.1) is 5.92 Å². The summed E-state index contributed by atoms with van der Waals surface area (Å²) in [6.45, 7) is 6.03. The Labute approximate surface area is 307 Å². The quantitative estimate of drug-likeness (QED) is 0.134. The van der Waals surface area contributed by atoms with Crippen molar-refractivity contribution in [2.75, 3.05) is 5.32 Å². The molecule has 12 heteroatoms. The van der Waals surface area contributed by atoms with Crippen LogP contribution in [0.25, 0.3) is 44.9 Å². The van der Waals surface area contributed by atoms with Crippen molar-refractivity contribution >= 4 is 44.3 Å². The lowest BCUT2D eigenvalue weighted by atomic mass is 9.72. The fraction of sp³-hybridized carbons (Fsp3) is 0.300. The molecule has 0 fully saturated rings. The molecule has 4 aliphatic heterocycles. The molecule has 52 heavy (non-hydrogen) atoms. The number of hydrogen-bond donors (Lipinski definition) is 4. The predicted octanol–water partition coefficient (Wildman–Crippen LogP) is 7.35. The first-order valence-corrected chi connectivity index (χ1v) is 18.7. The molecule has 4 N–H and O–H groups in total. The van der Waals surface area contributed by atoms with Gasteiger partial charge in [-0.3, -0.25) is 9.59 Å². The van der Waals surface area contributed by atoms with Gasteiger partial charge in [-0.05, 0) is 35.6 Å². The monoisotopic (exact) mass is 758 g/mol. The molecule has 0 radical (unpaired) electrons. The molecule has 0 aliphatic carbocycles. The van der Waals surface area contributed by atoms with Gasteiger partial charge < -0.3 is 34.5 Å². The highest BCUT2D eigenvalue weighted by molar-refractivity contribution is 9.10. The number of amides is 2. The number of nitrogens with one attached hydrogen (secondary N) is 4. The van der Waals surface area contributed by atoms with Gasteiger partial charge in [-0.2, -0.15) is 0 Å². The Hall–Kier alpha value is -5.36. The smallest absolute Gasteiger partial charge is 0.249 e. The van der Waals surface area contributed by atoms with Gasteiger partial charge in [0.2, 0.25) is 23.6 Å². The number of H-pyrrole nitrogens is 1. The molecule has 7 heterocycles. The van der Waals surface area contributed by atoms with E-state index in [4.69, 9.17) is 23.5 Å². The first-order valence-electron chi connectivity index (χ1n) is 17.8. The molecule has 0 saturated heterocycles. The SMILES string of the molecule is CCCC(Br)C(=O)N[C@H]1Cc2ccc3c(c2)C24c5cccc(c5NC2O3)-c2cccc3[nH]cc(c23)-c2cnc(o2)-c2nc(oc24)[C@H](C(C)C)NC1=O. The van der Waals surface area contributed by atoms with Crippen LogP contribution in [0.5, 0.6) is 5.75 Å². The molecular weight excluding hydrogens is 724 g/mol. The molecule has 0 saturated carbocycles. The Kier molecular flexibility index (Phi) is 6.83. The van der Waals surface area contributed by atoms with E-state index in [-0.39, 0.29) is 24.2 Å². The van der Waals surface area contributed by atoms with E-state index in [2.05, 4.69) is 73.3 Å². The number of para-hydroxylation sites is 1. The number of anilines is 1. The average Bonchev–Trinajstić information content (AvgIpc) is 3.96. The van der Waals surface area contributed by atoms with Crippen LogP contribution in [0.2, 0.25) is 0 Å². The van der Waals surface area contributed by atoms with Crippen LogP contribution in [0.4, 0.5) is 5.69 Å². The number of ether oxygens (including phenoxy) is 1. The molecule has 5 atom stereocenters. The van der Waals surface area contributed by atoms with E-state index in [9.17, 15) is 9.59 Å². The van der Waals surface area contributed by atoms with Crippen LogP contribution in [0.3, 0.4) is 0 Å². The van der Waals surface area contributed by atoms with E-state index in [0.717, 1.165) is 56.4 Å². The normalized spacial score (nSPS) is 22.5. The molecule has 4 aliphatic rings. The Morgan fingerprint density at radius 1 is 1.06 bits per heavy atom. The molecule has 6 aromatic rings. The second kappa shape index (κ2) is 11.3. The van der Waals surface area contributed by atoms with E-state index >= 15 is 0 Å². The summed E-state index contributed by atoms with van der Waals surface area (Å²) in [5.74, 6) is 1.70. The number of rotatable bonds is 5. The van der Waals surface area contributed by atoms with E-state index in [0.29, 0.717) is 41.2 Å². The van der Waals surface area contributed by atoms with Crippen molar-refractivity contribution in [3.63, 3.8) is 0 Å². The zero-order chi connectivity index (χ0) is 35.5. The van der Waals surface area contributed by atoms with Crippen molar-refractivity contribution < 1.29 is 23.2 Å². The summed E-state index contributed by atoms with van der Waals surface area (Å²) in [6, 6.07) is 17.0. The van der Waals surface area contributed by atoms with Gasteiger partial charge in [-0.1, -0.05) is 85.6 Å². The fourth-order valence-corrected chi connectivity index (χ4v) is 9.09. The Balaban J connectivity index is 1.27. The third-order valence-corrected chi connectivity index (χ3v) is 11.8. The first-order chi connectivity index (χ1) is 25.3. The Bertz CT molecular complexity index is 2460. The number of alkyl halides is 1. The molecule has 10 bridgehead atoms. The van der Waals surface area contributed by atoms with Crippen LogP contribution < -0.4 is 20.7 Å². The molecular formula is C40H35BrN6O5. The second-order valence-corrected chi connectivity index (χ2v) is 15.6. The van der Waals surface area contributed by atoms with Gasteiger partial charge in [0.15, 0.2) is 23.4 Å². The van der Waals surface area contributed by atoms with Crippen molar-refractivity contribution in [2.45, 2.75) is 68.6 Å².